The van der Waals surface area contributed by atoms with Crippen LogP contribution in [0.1, 0.15) is 80.3 Å². The molecule has 0 heterocycles. The molecule has 0 saturated carbocycles. The van der Waals surface area contributed by atoms with Gasteiger partial charge in [0, 0.05) is 48.7 Å². The topological polar surface area (TPSA) is 105 Å². The maximum atomic E-state index is 13.2. The SMILES string of the molecule is CCOC(OCC)C(=O)c1ccc2c(c1)C(=O)C(=O)c1cc(C(=O)C(OCC)OCC)ccc1C2. The number of ketones is 4. The molecule has 8 nitrogen and oxygen atoms in total. The molecule has 1 aliphatic rings. The molecular formula is C27H30O8. The highest BCUT2D eigenvalue weighted by Gasteiger charge is 2.31. The molecule has 0 fully saturated rings. The molecule has 2 aromatic carbocycles. The monoisotopic (exact) mass is 482 g/mol. The van der Waals surface area contributed by atoms with Crippen LogP contribution in [0.25, 0.3) is 0 Å². The van der Waals surface area contributed by atoms with Crippen molar-refractivity contribution in [3.63, 3.8) is 0 Å². The van der Waals surface area contributed by atoms with Crippen molar-refractivity contribution in [3.05, 3.63) is 69.8 Å². The molecule has 0 saturated heterocycles. The summed E-state index contributed by atoms with van der Waals surface area (Å²) in [7, 11) is 0. The van der Waals surface area contributed by atoms with Gasteiger partial charge in [-0.3, -0.25) is 19.2 Å². The normalized spacial score (nSPS) is 13.1. The average molecular weight is 483 g/mol. The summed E-state index contributed by atoms with van der Waals surface area (Å²) in [5, 5.41) is 0. The van der Waals surface area contributed by atoms with Gasteiger partial charge in [-0.2, -0.15) is 0 Å². The van der Waals surface area contributed by atoms with Gasteiger partial charge in [-0.15, -0.1) is 0 Å². The predicted molar refractivity (Wildman–Crippen MR) is 127 cm³/mol. The molecule has 0 bridgehead atoms. The summed E-state index contributed by atoms with van der Waals surface area (Å²) in [4.78, 5) is 52.1. The van der Waals surface area contributed by atoms with Gasteiger partial charge in [-0.1, -0.05) is 24.3 Å². The smallest absolute Gasteiger partial charge is 0.233 e. The van der Waals surface area contributed by atoms with Crippen LogP contribution in [0, 0.1) is 0 Å². The summed E-state index contributed by atoms with van der Waals surface area (Å²) < 4.78 is 21.5. The van der Waals surface area contributed by atoms with Gasteiger partial charge in [0.05, 0.1) is 0 Å². The van der Waals surface area contributed by atoms with E-state index < -0.39 is 35.7 Å². The van der Waals surface area contributed by atoms with E-state index in [-0.39, 0.29) is 48.7 Å². The highest BCUT2D eigenvalue weighted by Crippen LogP contribution is 2.27. The Balaban J connectivity index is 1.95. The van der Waals surface area contributed by atoms with E-state index in [0.29, 0.717) is 17.5 Å². The summed E-state index contributed by atoms with van der Waals surface area (Å²) >= 11 is 0. The van der Waals surface area contributed by atoms with E-state index in [1.165, 1.54) is 12.1 Å². The van der Waals surface area contributed by atoms with Crippen LogP contribution in [0.3, 0.4) is 0 Å². The van der Waals surface area contributed by atoms with Gasteiger partial charge in [0.2, 0.25) is 35.7 Å². The Labute approximate surface area is 204 Å². The predicted octanol–water partition coefficient (Wildman–Crippen LogP) is 3.82. The van der Waals surface area contributed by atoms with Crippen molar-refractivity contribution >= 4 is 23.1 Å². The number of hydrogen-bond acceptors (Lipinski definition) is 8. The fraction of sp³-hybridized carbons (Fsp3) is 0.407. The first-order valence-corrected chi connectivity index (χ1v) is 11.8. The zero-order chi connectivity index (χ0) is 25.5. The third-order valence-corrected chi connectivity index (χ3v) is 5.57. The van der Waals surface area contributed by atoms with Gasteiger partial charge < -0.3 is 18.9 Å². The first-order valence-electron chi connectivity index (χ1n) is 11.8. The van der Waals surface area contributed by atoms with Gasteiger partial charge in [0.1, 0.15) is 0 Å². The van der Waals surface area contributed by atoms with E-state index in [2.05, 4.69) is 0 Å². The fourth-order valence-corrected chi connectivity index (χ4v) is 3.92. The Kier molecular flexibility index (Phi) is 9.17. The zero-order valence-electron chi connectivity index (χ0n) is 20.4. The van der Waals surface area contributed by atoms with Gasteiger partial charge in [-0.25, -0.2) is 0 Å². The summed E-state index contributed by atoms with van der Waals surface area (Å²) in [6.45, 7) is 8.12. The zero-order valence-corrected chi connectivity index (χ0v) is 20.4. The first kappa shape index (κ1) is 26.6. The van der Waals surface area contributed by atoms with E-state index in [9.17, 15) is 19.2 Å². The molecule has 0 aliphatic heterocycles. The number of rotatable bonds is 12. The second kappa shape index (κ2) is 12.1. The summed E-state index contributed by atoms with van der Waals surface area (Å²) in [5.74, 6) is -2.34. The molecule has 0 atom stereocenters. The van der Waals surface area contributed by atoms with Crippen LogP contribution in [-0.4, -0.2) is 62.1 Å². The van der Waals surface area contributed by atoms with Gasteiger partial charge >= 0.3 is 0 Å². The molecule has 0 unspecified atom stereocenters. The molecule has 1 aliphatic carbocycles. The Morgan fingerprint density at radius 3 is 1.31 bits per heavy atom. The van der Waals surface area contributed by atoms with Crippen LogP contribution in [0.15, 0.2) is 36.4 Å². The van der Waals surface area contributed by atoms with Crippen LogP contribution >= 0.6 is 0 Å². The first-order chi connectivity index (χ1) is 16.9. The third-order valence-electron chi connectivity index (χ3n) is 5.57. The lowest BCUT2D eigenvalue weighted by molar-refractivity contribution is -0.107. The molecule has 0 aromatic heterocycles. The molecule has 0 amide bonds. The van der Waals surface area contributed by atoms with Crippen LogP contribution in [0.5, 0.6) is 0 Å². The Bertz CT molecular complexity index is 1020. The number of fused-ring (bicyclic) bond motifs is 2. The number of carbonyl (C=O) groups excluding carboxylic acids is 4. The third kappa shape index (κ3) is 5.79. The lowest BCUT2D eigenvalue weighted by atomic mass is 9.96. The van der Waals surface area contributed by atoms with Crippen molar-refractivity contribution in [2.75, 3.05) is 26.4 Å². The lowest BCUT2D eigenvalue weighted by Gasteiger charge is -2.16. The van der Waals surface area contributed by atoms with Crippen molar-refractivity contribution in [1.29, 1.82) is 0 Å². The number of carbonyl (C=O) groups is 4. The number of ether oxygens (including phenoxy) is 4. The minimum absolute atomic E-state index is 0.151. The molecule has 0 radical (unpaired) electrons. The molecule has 186 valence electrons. The molecule has 0 N–H and O–H groups in total. The molecular weight excluding hydrogens is 452 g/mol. The fourth-order valence-electron chi connectivity index (χ4n) is 3.92. The van der Waals surface area contributed by atoms with E-state index in [1.54, 1.807) is 52.0 Å². The molecule has 0 spiro atoms. The molecule has 8 heteroatoms. The quantitative estimate of drug-likeness (QED) is 0.255. The van der Waals surface area contributed by atoms with E-state index in [0.717, 1.165) is 0 Å². The highest BCUT2D eigenvalue weighted by molar-refractivity contribution is 6.50. The van der Waals surface area contributed by atoms with Crippen molar-refractivity contribution in [3.8, 4) is 0 Å². The molecule has 3 rings (SSSR count). The summed E-state index contributed by atoms with van der Waals surface area (Å²) in [6.07, 6.45) is -1.88. The Hall–Kier alpha value is -3.04. The van der Waals surface area contributed by atoms with Crippen molar-refractivity contribution < 1.29 is 38.1 Å². The highest BCUT2D eigenvalue weighted by atomic mass is 16.7. The van der Waals surface area contributed by atoms with E-state index in [4.69, 9.17) is 18.9 Å². The van der Waals surface area contributed by atoms with Crippen LogP contribution in [-0.2, 0) is 25.4 Å². The minimum Gasteiger partial charge on any atom is -0.346 e. The number of Topliss-reactive ketones (excluding diaryl/α,β-unsaturated/α-hetero) is 4. The van der Waals surface area contributed by atoms with Gasteiger partial charge in [0.25, 0.3) is 0 Å². The van der Waals surface area contributed by atoms with Crippen LogP contribution in [0.4, 0.5) is 0 Å². The van der Waals surface area contributed by atoms with E-state index in [1.807, 2.05) is 0 Å². The van der Waals surface area contributed by atoms with Crippen molar-refractivity contribution in [2.24, 2.45) is 0 Å². The minimum atomic E-state index is -1.09. The maximum absolute atomic E-state index is 13.2. The number of benzene rings is 2. The van der Waals surface area contributed by atoms with E-state index >= 15 is 0 Å². The Morgan fingerprint density at radius 2 is 1.00 bits per heavy atom. The number of hydrogen-bond donors (Lipinski definition) is 0. The Morgan fingerprint density at radius 1 is 0.657 bits per heavy atom. The van der Waals surface area contributed by atoms with Gasteiger partial charge in [-0.05, 0) is 57.4 Å². The second-order valence-electron chi connectivity index (χ2n) is 7.79. The van der Waals surface area contributed by atoms with Crippen LogP contribution < -0.4 is 0 Å². The largest absolute Gasteiger partial charge is 0.346 e. The average Bonchev–Trinajstić information content (AvgIpc) is 2.96. The second-order valence-corrected chi connectivity index (χ2v) is 7.79. The molecule has 2 aromatic rings. The standard InChI is InChI=1S/C27H30O8/c1-5-32-26(33-6-2)22(28)18-11-9-16-13-17-10-12-19(23(29)27(34-7-3)35-8-4)15-21(17)25(31)24(30)20(16)14-18/h9-12,14-15,26-27H,5-8,13H2,1-4H3. The maximum Gasteiger partial charge on any atom is 0.233 e. The molecule has 35 heavy (non-hydrogen) atoms. The van der Waals surface area contributed by atoms with Crippen molar-refractivity contribution in [2.45, 2.75) is 46.7 Å². The lowest BCUT2D eigenvalue weighted by Crippen LogP contribution is -2.28. The summed E-state index contributed by atoms with van der Waals surface area (Å²) in [6, 6.07) is 9.36. The summed E-state index contributed by atoms with van der Waals surface area (Å²) in [5.41, 5.74) is 1.97. The van der Waals surface area contributed by atoms with Crippen LogP contribution in [0.2, 0.25) is 0 Å². The van der Waals surface area contributed by atoms with Gasteiger partial charge in [0.15, 0.2) is 0 Å². The van der Waals surface area contributed by atoms with Crippen molar-refractivity contribution in [1.82, 2.24) is 0 Å².